The van der Waals surface area contributed by atoms with Crippen LogP contribution in [0.2, 0.25) is 0 Å². The molecule has 92 valence electrons. The minimum atomic E-state index is -1.55. The molecule has 1 rings (SSSR count). The fraction of sp³-hybridized carbons (Fsp3) is 0.417. The summed E-state index contributed by atoms with van der Waals surface area (Å²) in [5, 5.41) is 21.1. The third-order valence-corrected chi connectivity index (χ3v) is 2.57. The number of benzene rings is 1. The van der Waals surface area contributed by atoms with Crippen molar-refractivity contribution in [1.29, 1.82) is 0 Å². The largest absolute Gasteiger partial charge is 0.488 e. The molecule has 17 heavy (non-hydrogen) atoms. The lowest BCUT2D eigenvalue weighted by Crippen LogP contribution is -2.35. The standard InChI is InChI=1S/C12H18BNO3/c1-8(2)7-14-12(15)10-5-4-6-11(9(10)3)13(16)17/h4-6,8,16-17H,7H2,1-3H3,(H,14,15). The van der Waals surface area contributed by atoms with Crippen LogP contribution in [-0.4, -0.2) is 29.6 Å². The van der Waals surface area contributed by atoms with E-state index in [1.807, 2.05) is 13.8 Å². The van der Waals surface area contributed by atoms with Gasteiger partial charge in [0.1, 0.15) is 0 Å². The van der Waals surface area contributed by atoms with Gasteiger partial charge in [0.2, 0.25) is 0 Å². The summed E-state index contributed by atoms with van der Waals surface area (Å²) in [4.78, 5) is 11.9. The van der Waals surface area contributed by atoms with Crippen molar-refractivity contribution < 1.29 is 14.8 Å². The second-order valence-corrected chi connectivity index (χ2v) is 4.50. The highest BCUT2D eigenvalue weighted by Crippen LogP contribution is 2.06. The molecule has 1 amide bonds. The zero-order chi connectivity index (χ0) is 13.0. The lowest BCUT2D eigenvalue weighted by Gasteiger charge is -2.12. The van der Waals surface area contributed by atoms with E-state index in [9.17, 15) is 4.79 Å². The highest BCUT2D eigenvalue weighted by Gasteiger charge is 2.18. The van der Waals surface area contributed by atoms with E-state index in [0.717, 1.165) is 0 Å². The normalized spacial score (nSPS) is 10.5. The molecule has 5 heteroatoms. The zero-order valence-corrected chi connectivity index (χ0v) is 10.4. The molecule has 0 aromatic heterocycles. The van der Waals surface area contributed by atoms with Crippen molar-refractivity contribution in [1.82, 2.24) is 5.32 Å². The SMILES string of the molecule is Cc1c(B(O)O)cccc1C(=O)NCC(C)C. The van der Waals surface area contributed by atoms with Crippen LogP contribution in [0.15, 0.2) is 18.2 Å². The molecule has 0 saturated heterocycles. The van der Waals surface area contributed by atoms with Crippen LogP contribution in [0.3, 0.4) is 0 Å². The van der Waals surface area contributed by atoms with Crippen molar-refractivity contribution in [3.63, 3.8) is 0 Å². The molecule has 0 unspecified atom stereocenters. The lowest BCUT2D eigenvalue weighted by molar-refractivity contribution is 0.0948. The predicted molar refractivity (Wildman–Crippen MR) is 68.2 cm³/mol. The topological polar surface area (TPSA) is 69.6 Å². The Balaban J connectivity index is 2.91. The van der Waals surface area contributed by atoms with Gasteiger partial charge in [0.15, 0.2) is 0 Å². The first-order valence-electron chi connectivity index (χ1n) is 5.67. The Hall–Kier alpha value is -1.33. The Morgan fingerprint density at radius 2 is 2.06 bits per heavy atom. The first-order chi connectivity index (χ1) is 7.93. The van der Waals surface area contributed by atoms with E-state index < -0.39 is 7.12 Å². The van der Waals surface area contributed by atoms with E-state index in [-0.39, 0.29) is 5.91 Å². The predicted octanol–water partition coefficient (Wildman–Crippen LogP) is 0.0606. The number of hydrogen-bond acceptors (Lipinski definition) is 3. The fourth-order valence-corrected chi connectivity index (χ4v) is 1.57. The minimum absolute atomic E-state index is 0.182. The summed E-state index contributed by atoms with van der Waals surface area (Å²) in [7, 11) is -1.55. The number of carbonyl (C=O) groups excluding carboxylic acids is 1. The van der Waals surface area contributed by atoms with Crippen molar-refractivity contribution >= 4 is 18.5 Å². The van der Waals surface area contributed by atoms with Crippen LogP contribution in [0, 0.1) is 12.8 Å². The molecule has 1 aromatic carbocycles. The van der Waals surface area contributed by atoms with Gasteiger partial charge in [-0.05, 0) is 29.9 Å². The van der Waals surface area contributed by atoms with Gasteiger partial charge in [-0.25, -0.2) is 0 Å². The molecule has 0 radical (unpaired) electrons. The molecule has 0 saturated carbocycles. The molecule has 1 aromatic rings. The van der Waals surface area contributed by atoms with Crippen molar-refractivity contribution in [3.05, 3.63) is 29.3 Å². The van der Waals surface area contributed by atoms with Crippen LogP contribution >= 0.6 is 0 Å². The van der Waals surface area contributed by atoms with Gasteiger partial charge in [-0.1, -0.05) is 26.0 Å². The third-order valence-electron chi connectivity index (χ3n) is 2.57. The first-order valence-corrected chi connectivity index (χ1v) is 5.67. The van der Waals surface area contributed by atoms with E-state index in [1.54, 1.807) is 25.1 Å². The molecular formula is C12H18BNO3. The van der Waals surface area contributed by atoms with Crippen LogP contribution in [0.1, 0.15) is 29.8 Å². The van der Waals surface area contributed by atoms with Gasteiger partial charge in [0.05, 0.1) is 0 Å². The van der Waals surface area contributed by atoms with Crippen molar-refractivity contribution in [2.24, 2.45) is 5.92 Å². The van der Waals surface area contributed by atoms with Gasteiger partial charge < -0.3 is 15.4 Å². The molecule has 0 bridgehead atoms. The van der Waals surface area contributed by atoms with Crippen molar-refractivity contribution in [2.45, 2.75) is 20.8 Å². The molecule has 0 atom stereocenters. The second kappa shape index (κ2) is 5.84. The summed E-state index contributed by atoms with van der Waals surface area (Å²) >= 11 is 0. The number of amides is 1. The van der Waals surface area contributed by atoms with E-state index >= 15 is 0 Å². The number of rotatable bonds is 4. The average Bonchev–Trinajstić information content (AvgIpc) is 2.25. The highest BCUT2D eigenvalue weighted by atomic mass is 16.4. The smallest absolute Gasteiger partial charge is 0.423 e. The maximum absolute atomic E-state index is 11.9. The van der Waals surface area contributed by atoms with E-state index in [0.29, 0.717) is 29.1 Å². The van der Waals surface area contributed by atoms with E-state index in [1.165, 1.54) is 0 Å². The van der Waals surface area contributed by atoms with Crippen LogP contribution in [0.4, 0.5) is 0 Å². The third kappa shape index (κ3) is 3.58. The molecular weight excluding hydrogens is 217 g/mol. The quantitative estimate of drug-likeness (QED) is 0.646. The molecule has 0 aliphatic rings. The second-order valence-electron chi connectivity index (χ2n) is 4.50. The van der Waals surface area contributed by atoms with E-state index in [2.05, 4.69) is 5.32 Å². The summed E-state index contributed by atoms with van der Waals surface area (Å²) in [5.74, 6) is 0.199. The highest BCUT2D eigenvalue weighted by molar-refractivity contribution is 6.59. The van der Waals surface area contributed by atoms with Crippen LogP contribution in [0.5, 0.6) is 0 Å². The fourth-order valence-electron chi connectivity index (χ4n) is 1.57. The molecule has 0 heterocycles. The molecule has 0 fully saturated rings. The Kier molecular flexibility index (Phi) is 4.72. The van der Waals surface area contributed by atoms with E-state index in [4.69, 9.17) is 10.0 Å². The van der Waals surface area contributed by atoms with Crippen molar-refractivity contribution in [2.75, 3.05) is 6.54 Å². The first kappa shape index (κ1) is 13.7. The monoisotopic (exact) mass is 235 g/mol. The van der Waals surface area contributed by atoms with Crippen molar-refractivity contribution in [3.8, 4) is 0 Å². The maximum atomic E-state index is 11.9. The van der Waals surface area contributed by atoms with Gasteiger partial charge in [0, 0.05) is 12.1 Å². The summed E-state index contributed by atoms with van der Waals surface area (Å²) in [5.41, 5.74) is 1.45. The minimum Gasteiger partial charge on any atom is -0.423 e. The molecule has 0 aliphatic heterocycles. The molecule has 4 nitrogen and oxygen atoms in total. The number of carbonyl (C=O) groups is 1. The van der Waals surface area contributed by atoms with Gasteiger partial charge >= 0.3 is 7.12 Å². The lowest BCUT2D eigenvalue weighted by atomic mass is 9.76. The van der Waals surface area contributed by atoms with Crippen LogP contribution < -0.4 is 10.8 Å². The average molecular weight is 235 g/mol. The molecule has 0 spiro atoms. The Bertz CT molecular complexity index is 405. The molecule has 3 N–H and O–H groups in total. The van der Waals surface area contributed by atoms with Crippen LogP contribution in [-0.2, 0) is 0 Å². The summed E-state index contributed by atoms with van der Waals surface area (Å²) in [6.07, 6.45) is 0. The van der Waals surface area contributed by atoms with Crippen LogP contribution in [0.25, 0.3) is 0 Å². The summed E-state index contributed by atoms with van der Waals surface area (Å²) in [6.45, 7) is 6.34. The Labute approximate surface area is 102 Å². The van der Waals surface area contributed by atoms with Gasteiger partial charge in [0.25, 0.3) is 5.91 Å². The maximum Gasteiger partial charge on any atom is 0.488 e. The van der Waals surface area contributed by atoms with Gasteiger partial charge in [-0.15, -0.1) is 0 Å². The zero-order valence-electron chi connectivity index (χ0n) is 10.4. The summed E-state index contributed by atoms with van der Waals surface area (Å²) < 4.78 is 0. The van der Waals surface area contributed by atoms with Gasteiger partial charge in [-0.2, -0.15) is 0 Å². The number of nitrogens with one attached hydrogen (secondary N) is 1. The Morgan fingerprint density at radius 3 is 2.59 bits per heavy atom. The van der Waals surface area contributed by atoms with Gasteiger partial charge in [-0.3, -0.25) is 4.79 Å². The Morgan fingerprint density at radius 1 is 1.41 bits per heavy atom. The molecule has 0 aliphatic carbocycles. The number of hydrogen-bond donors (Lipinski definition) is 3. The summed E-state index contributed by atoms with van der Waals surface area (Å²) in [6, 6.07) is 4.92.